The summed E-state index contributed by atoms with van der Waals surface area (Å²) >= 11 is 0. The smallest absolute Gasteiger partial charge is 0.162 e. The molecule has 4 fully saturated rings. The number of ether oxygens (including phenoxy) is 7. The molecule has 3 radical (unpaired) electrons. The third-order valence-electron chi connectivity index (χ3n) is 13.0. The summed E-state index contributed by atoms with van der Waals surface area (Å²) in [5, 5.41) is 0. The summed E-state index contributed by atoms with van der Waals surface area (Å²) in [4.78, 5) is 25.7. The normalized spacial score (nSPS) is 48.9. The quantitative estimate of drug-likeness (QED) is 0.218. The van der Waals surface area contributed by atoms with Gasteiger partial charge in [-0.05, 0) is 69.1 Å². The summed E-state index contributed by atoms with van der Waals surface area (Å²) in [5.74, 6) is 1.34. The Morgan fingerprint density at radius 3 is 1.33 bits per heavy atom. The molecule has 20 atom stereocenters. The van der Waals surface area contributed by atoms with Crippen LogP contribution in [0.3, 0.4) is 0 Å². The molecule has 8 unspecified atom stereocenters. The summed E-state index contributed by atoms with van der Waals surface area (Å²) in [6.07, 6.45) is -2.48. The number of carbonyl (C=O) groups is 2. The summed E-state index contributed by atoms with van der Waals surface area (Å²) in [5.41, 5.74) is 0. The molecule has 4 aliphatic rings. The molecule has 4 heterocycles. The molecule has 49 heavy (non-hydrogen) atoms. The summed E-state index contributed by atoms with van der Waals surface area (Å²) in [6, 6.07) is 0. The maximum atomic E-state index is 13.1. The maximum absolute atomic E-state index is 13.1. The number of rotatable bonds is 10. The lowest BCUT2D eigenvalue weighted by atomic mass is 9.78. The molecule has 4 saturated heterocycles. The fourth-order valence-corrected chi connectivity index (χ4v) is 8.33. The molecule has 285 valence electrons. The van der Waals surface area contributed by atoms with Crippen molar-refractivity contribution in [2.24, 2.45) is 53.3 Å². The minimum atomic E-state index is -0.759. The van der Waals surface area contributed by atoms with Crippen molar-refractivity contribution in [1.29, 1.82) is 0 Å². The monoisotopic (exact) mass is 697 g/mol. The Balaban J connectivity index is 0.00000417. The lowest BCUT2D eigenvalue weighted by molar-refractivity contribution is -0.350. The van der Waals surface area contributed by atoms with Gasteiger partial charge < -0.3 is 33.2 Å². The first-order valence-corrected chi connectivity index (χ1v) is 18.6. The molecule has 4 rings (SSSR count). The minimum Gasteiger partial charge on any atom is -0.364 e. The lowest BCUT2D eigenvalue weighted by Crippen LogP contribution is -2.60. The second-order valence-corrected chi connectivity index (χ2v) is 15.8. The predicted molar refractivity (Wildman–Crippen MR) is 194 cm³/mol. The topological polar surface area (TPSA) is 98.8 Å². The van der Waals surface area contributed by atoms with Gasteiger partial charge in [0, 0.05) is 27.6 Å². The van der Waals surface area contributed by atoms with Crippen LogP contribution in [0.2, 0.25) is 0 Å². The lowest BCUT2D eigenvalue weighted by Gasteiger charge is -2.51. The zero-order chi connectivity index (χ0) is 35.1. The van der Waals surface area contributed by atoms with Gasteiger partial charge in [-0.3, -0.25) is 9.59 Å². The van der Waals surface area contributed by atoms with Gasteiger partial charge in [0.1, 0.15) is 12.2 Å². The van der Waals surface area contributed by atoms with Crippen LogP contribution in [0.15, 0.2) is 0 Å². The largest absolute Gasteiger partial charge is 0.364 e. The Hall–Kier alpha value is -0.875. The molecule has 0 bridgehead atoms. The van der Waals surface area contributed by atoms with Crippen molar-refractivity contribution in [1.82, 2.24) is 0 Å². The highest BCUT2D eigenvalue weighted by Crippen LogP contribution is 2.44. The second kappa shape index (κ2) is 18.2. The van der Waals surface area contributed by atoms with Crippen molar-refractivity contribution in [2.45, 2.75) is 185 Å². The molecule has 0 saturated carbocycles. The van der Waals surface area contributed by atoms with Crippen LogP contribution in [0.1, 0.15) is 119 Å². The molecule has 0 N–H and O–H groups in total. The van der Waals surface area contributed by atoms with E-state index in [0.29, 0.717) is 18.3 Å². The van der Waals surface area contributed by atoms with Crippen LogP contribution in [0.4, 0.5) is 0 Å². The van der Waals surface area contributed by atoms with Gasteiger partial charge in [0.05, 0.1) is 36.6 Å². The Bertz CT molecular complexity index is 1060. The third-order valence-corrected chi connectivity index (χ3v) is 13.0. The molecule has 0 aromatic heterocycles. The van der Waals surface area contributed by atoms with Crippen LogP contribution < -0.4 is 0 Å². The zero-order valence-corrected chi connectivity index (χ0v) is 32.2. The van der Waals surface area contributed by atoms with E-state index in [1.807, 2.05) is 6.92 Å². The van der Waals surface area contributed by atoms with Crippen LogP contribution in [0.5, 0.6) is 0 Å². The second-order valence-electron chi connectivity index (χ2n) is 15.8. The van der Waals surface area contributed by atoms with Gasteiger partial charge in [0.15, 0.2) is 30.4 Å². The van der Waals surface area contributed by atoms with E-state index in [4.69, 9.17) is 33.2 Å². The molecule has 0 amide bonds. The summed E-state index contributed by atoms with van der Waals surface area (Å²) in [7, 11) is 0. The number of hydrogen-bond donors (Lipinski definition) is 0. The van der Waals surface area contributed by atoms with Crippen molar-refractivity contribution in [3.05, 3.63) is 0 Å². The number of carbonyl (C=O) groups excluding carboxylic acids is 2. The first kappa shape index (κ1) is 44.3. The molecule has 4 aliphatic heterocycles. The van der Waals surface area contributed by atoms with E-state index >= 15 is 0 Å². The fourth-order valence-electron chi connectivity index (χ4n) is 8.33. The van der Waals surface area contributed by atoms with E-state index in [1.54, 1.807) is 13.8 Å². The molecule has 9 nitrogen and oxygen atoms in total. The van der Waals surface area contributed by atoms with E-state index in [1.165, 1.54) is 0 Å². The van der Waals surface area contributed by atoms with Gasteiger partial charge >= 0.3 is 0 Å². The molecular formula is C39H72BO9. The van der Waals surface area contributed by atoms with Crippen LogP contribution in [-0.4, -0.2) is 87.7 Å². The van der Waals surface area contributed by atoms with E-state index in [0.717, 1.165) is 6.42 Å². The molecule has 0 aromatic rings. The maximum Gasteiger partial charge on any atom is 0.162 e. The van der Waals surface area contributed by atoms with Gasteiger partial charge in [-0.1, -0.05) is 83.6 Å². The SMILES string of the molecule is C.CCC1O[C@@H](O[C@@H]2C(C(C)=O)O[C@@H](O[C@@H]3C(CC)O[C@H](O[C@@H]4C(C(C)=O)O[C@H](C)C(C)[C@@H]4C)C(C)[C@H]3C)C(C)[C@H]2C)C(C)[C@@H](C)[C@@H]1C.[2HH].[B]. The van der Waals surface area contributed by atoms with Crippen LogP contribution in [-0.2, 0) is 42.7 Å². The Labute approximate surface area is 302 Å². The number of hydrogen-bond acceptors (Lipinski definition) is 9. The number of ketones is 2. The van der Waals surface area contributed by atoms with Crippen molar-refractivity contribution < 1.29 is 44.2 Å². The Kier molecular flexibility index (Phi) is 16.5. The molecular weight excluding hydrogens is 623 g/mol. The average molecular weight is 697 g/mol. The van der Waals surface area contributed by atoms with Crippen LogP contribution in [0.25, 0.3) is 0 Å². The van der Waals surface area contributed by atoms with Gasteiger partial charge in [0.25, 0.3) is 0 Å². The van der Waals surface area contributed by atoms with Crippen molar-refractivity contribution in [3.8, 4) is 0 Å². The predicted octanol–water partition coefficient (Wildman–Crippen LogP) is 7.33. The van der Waals surface area contributed by atoms with Crippen molar-refractivity contribution in [2.75, 3.05) is 0 Å². The highest BCUT2D eigenvalue weighted by molar-refractivity contribution is 5.81. The highest BCUT2D eigenvalue weighted by atomic mass is 16.7. The molecule has 0 aliphatic carbocycles. The van der Waals surface area contributed by atoms with Crippen molar-refractivity contribution >= 4 is 20.0 Å². The minimum absolute atomic E-state index is 0. The Morgan fingerprint density at radius 1 is 0.490 bits per heavy atom. The van der Waals surface area contributed by atoms with Crippen molar-refractivity contribution in [3.63, 3.8) is 0 Å². The van der Waals surface area contributed by atoms with Crippen LogP contribution in [0, 0.1) is 53.3 Å². The van der Waals surface area contributed by atoms with E-state index in [-0.39, 0.29) is 94.7 Å². The summed E-state index contributed by atoms with van der Waals surface area (Å²) < 4.78 is 46.0. The average Bonchev–Trinajstić information content (AvgIpc) is 3.03. The first-order valence-electron chi connectivity index (χ1n) is 18.6. The highest BCUT2D eigenvalue weighted by Gasteiger charge is 2.52. The molecule has 10 heteroatoms. The van der Waals surface area contributed by atoms with E-state index in [9.17, 15) is 9.59 Å². The van der Waals surface area contributed by atoms with Gasteiger partial charge in [0.2, 0.25) is 0 Å². The first-order chi connectivity index (χ1) is 22.0. The van der Waals surface area contributed by atoms with Gasteiger partial charge in [-0.2, -0.15) is 0 Å². The van der Waals surface area contributed by atoms with E-state index < -0.39 is 43.3 Å². The zero-order valence-electron chi connectivity index (χ0n) is 32.2. The fraction of sp³-hybridized carbons (Fsp3) is 0.949. The third kappa shape index (κ3) is 9.02. The summed E-state index contributed by atoms with van der Waals surface area (Å²) in [6.45, 7) is 28.9. The standard InChI is InChI=1S/C38H66O9.CH4.B.H2/c1-15-29-19(5)17(3)23(9)36(42-29)46-33-22(8)25(11)38(47-35(33)27(13)40)44-31-21(7)24(10)37(43-30(31)16-2)45-32-20(6)18(4)28(14)41-34(32)26(12)39;;;/h17-25,28-38H,15-16H2,1-14H3;1H4;;1H/t17-,18?,19-,20-,21+,22+,23?,24?,25?,28+,29?,30?,31-,32-,33-,34?,35?,36-,37+,38+;;;/m0.../s1/i;;;1+1. The number of Topliss-reactive ketones (excluding diaryl/α,β-unsaturated/α-hetero) is 2. The van der Waals surface area contributed by atoms with Crippen LogP contribution >= 0.6 is 0 Å². The van der Waals surface area contributed by atoms with Gasteiger partial charge in [-0.25, -0.2) is 0 Å². The van der Waals surface area contributed by atoms with E-state index in [2.05, 4.69) is 76.2 Å². The Morgan fingerprint density at radius 2 is 0.857 bits per heavy atom. The van der Waals surface area contributed by atoms with Gasteiger partial charge in [-0.15, -0.1) is 0 Å². The molecule has 0 aromatic carbocycles. The molecule has 0 spiro atoms.